The molecule has 5 nitrogen and oxygen atoms in total. The molecule has 3 aromatic heterocycles. The zero-order chi connectivity index (χ0) is 14.8. The molecule has 3 aromatic rings. The Balaban J connectivity index is 1.76. The van der Waals surface area contributed by atoms with Gasteiger partial charge in [0.2, 0.25) is 0 Å². The minimum absolute atomic E-state index is 0.110. The van der Waals surface area contributed by atoms with Crippen molar-refractivity contribution in [3.05, 3.63) is 58.4 Å². The number of aryl methyl sites for hydroxylation is 2. The highest BCUT2D eigenvalue weighted by Crippen LogP contribution is 2.17. The monoisotopic (exact) mass is 298 g/mol. The average molecular weight is 298 g/mol. The third kappa shape index (κ3) is 2.85. The summed E-state index contributed by atoms with van der Waals surface area (Å²) in [5.74, 6) is 1.53. The summed E-state index contributed by atoms with van der Waals surface area (Å²) in [5, 5.41) is 4.80. The number of carbonyl (C=O) groups is 1. The highest BCUT2D eigenvalue weighted by molar-refractivity contribution is 7.12. The predicted molar refractivity (Wildman–Crippen MR) is 83.1 cm³/mol. The van der Waals surface area contributed by atoms with Crippen LogP contribution in [0.25, 0.3) is 5.82 Å². The Hall–Kier alpha value is -2.47. The fourth-order valence-corrected chi connectivity index (χ4v) is 2.76. The maximum absolute atomic E-state index is 12.1. The van der Waals surface area contributed by atoms with E-state index in [1.165, 1.54) is 11.3 Å². The summed E-state index contributed by atoms with van der Waals surface area (Å²) in [6, 6.07) is 5.56. The van der Waals surface area contributed by atoms with E-state index in [-0.39, 0.29) is 5.91 Å². The van der Waals surface area contributed by atoms with Crippen molar-refractivity contribution in [1.29, 1.82) is 0 Å². The largest absolute Gasteiger partial charge is 0.320 e. The first-order valence-electron chi connectivity index (χ1n) is 6.46. The van der Waals surface area contributed by atoms with E-state index in [1.807, 2.05) is 48.2 Å². The molecule has 6 heteroatoms. The first kappa shape index (κ1) is 13.5. The van der Waals surface area contributed by atoms with Crippen LogP contribution in [0.15, 0.2) is 42.2 Å². The first-order valence-corrected chi connectivity index (χ1v) is 7.34. The molecule has 106 valence electrons. The molecule has 0 saturated carbocycles. The lowest BCUT2D eigenvalue weighted by atomic mass is 10.3. The zero-order valence-corrected chi connectivity index (χ0v) is 12.5. The number of anilines is 1. The van der Waals surface area contributed by atoms with Gasteiger partial charge >= 0.3 is 0 Å². The normalized spacial score (nSPS) is 10.6. The number of hydrogen-bond donors (Lipinski definition) is 1. The van der Waals surface area contributed by atoms with Gasteiger partial charge in [0.25, 0.3) is 5.91 Å². The average Bonchev–Trinajstić information content (AvgIpc) is 3.08. The van der Waals surface area contributed by atoms with Gasteiger partial charge in [0.05, 0.1) is 16.8 Å². The number of carbonyl (C=O) groups excluding carboxylic acids is 1. The Morgan fingerprint density at radius 2 is 2.14 bits per heavy atom. The van der Waals surface area contributed by atoms with Crippen molar-refractivity contribution in [3.8, 4) is 5.82 Å². The van der Waals surface area contributed by atoms with E-state index in [0.29, 0.717) is 10.6 Å². The number of pyridine rings is 1. The maximum Gasteiger partial charge on any atom is 0.265 e. The van der Waals surface area contributed by atoms with Crippen LogP contribution < -0.4 is 5.32 Å². The number of thiophene rings is 1. The lowest BCUT2D eigenvalue weighted by molar-refractivity contribution is 0.103. The molecule has 21 heavy (non-hydrogen) atoms. The molecule has 1 N–H and O–H groups in total. The summed E-state index contributed by atoms with van der Waals surface area (Å²) in [5.41, 5.74) is 1.77. The smallest absolute Gasteiger partial charge is 0.265 e. The van der Waals surface area contributed by atoms with Gasteiger partial charge in [-0.15, -0.1) is 11.3 Å². The molecule has 3 rings (SSSR count). The third-order valence-electron chi connectivity index (χ3n) is 3.03. The SMILES string of the molecule is Cc1csc(C(=O)Nc2ccc(-n3ccnc3C)nc2)c1. The number of nitrogens with zero attached hydrogens (tertiary/aromatic N) is 3. The van der Waals surface area contributed by atoms with Crippen LogP contribution in [-0.4, -0.2) is 20.4 Å². The molecular formula is C15H14N4OS. The third-order valence-corrected chi connectivity index (χ3v) is 4.08. The van der Waals surface area contributed by atoms with E-state index in [0.717, 1.165) is 17.2 Å². The quantitative estimate of drug-likeness (QED) is 0.807. The van der Waals surface area contributed by atoms with Gasteiger partial charge in [-0.25, -0.2) is 9.97 Å². The van der Waals surface area contributed by atoms with Crippen molar-refractivity contribution in [2.45, 2.75) is 13.8 Å². The predicted octanol–water partition coefficient (Wildman–Crippen LogP) is 3.20. The maximum atomic E-state index is 12.1. The molecule has 0 unspecified atom stereocenters. The second kappa shape index (κ2) is 5.49. The van der Waals surface area contributed by atoms with Crippen molar-refractivity contribution >= 4 is 22.9 Å². The van der Waals surface area contributed by atoms with Crippen molar-refractivity contribution in [1.82, 2.24) is 14.5 Å². The number of hydrogen-bond acceptors (Lipinski definition) is 4. The van der Waals surface area contributed by atoms with Crippen LogP contribution in [0.3, 0.4) is 0 Å². The molecule has 0 aliphatic rings. The standard InChI is InChI=1S/C15H14N4OS/c1-10-7-13(21-9-10)15(20)18-12-3-4-14(17-8-12)19-6-5-16-11(19)2/h3-9H,1-2H3,(H,18,20). The Labute approximate surface area is 126 Å². The zero-order valence-electron chi connectivity index (χ0n) is 11.7. The van der Waals surface area contributed by atoms with E-state index in [9.17, 15) is 4.79 Å². The van der Waals surface area contributed by atoms with Crippen molar-refractivity contribution < 1.29 is 4.79 Å². The van der Waals surface area contributed by atoms with Crippen molar-refractivity contribution in [2.75, 3.05) is 5.32 Å². The Morgan fingerprint density at radius 3 is 2.71 bits per heavy atom. The van der Waals surface area contributed by atoms with Crippen LogP contribution in [0.1, 0.15) is 21.1 Å². The van der Waals surface area contributed by atoms with Crippen LogP contribution in [0.5, 0.6) is 0 Å². The molecule has 1 amide bonds. The summed E-state index contributed by atoms with van der Waals surface area (Å²) in [6.07, 6.45) is 5.23. The summed E-state index contributed by atoms with van der Waals surface area (Å²) >= 11 is 1.44. The number of aromatic nitrogens is 3. The highest BCUT2D eigenvalue weighted by Gasteiger charge is 2.09. The second-order valence-corrected chi connectivity index (χ2v) is 5.60. The van der Waals surface area contributed by atoms with Gasteiger partial charge in [-0.2, -0.15) is 0 Å². The fraction of sp³-hybridized carbons (Fsp3) is 0.133. The molecule has 3 heterocycles. The summed E-state index contributed by atoms with van der Waals surface area (Å²) in [4.78, 5) is 21.3. The number of nitrogens with one attached hydrogen (secondary N) is 1. The molecule has 0 aromatic carbocycles. The lowest BCUT2D eigenvalue weighted by Gasteiger charge is -2.06. The molecular weight excluding hydrogens is 284 g/mol. The molecule has 0 atom stereocenters. The van der Waals surface area contributed by atoms with Crippen LogP contribution in [-0.2, 0) is 0 Å². The van der Waals surface area contributed by atoms with E-state index < -0.39 is 0 Å². The van der Waals surface area contributed by atoms with Gasteiger partial charge in [0.15, 0.2) is 0 Å². The lowest BCUT2D eigenvalue weighted by Crippen LogP contribution is -2.10. The molecule has 0 spiro atoms. The van der Waals surface area contributed by atoms with Gasteiger partial charge < -0.3 is 5.32 Å². The topological polar surface area (TPSA) is 59.8 Å². The number of amides is 1. The fourth-order valence-electron chi connectivity index (χ4n) is 1.97. The summed E-state index contributed by atoms with van der Waals surface area (Å²) < 4.78 is 1.88. The Kier molecular flexibility index (Phi) is 3.53. The summed E-state index contributed by atoms with van der Waals surface area (Å²) in [6.45, 7) is 3.88. The molecule has 0 radical (unpaired) electrons. The van der Waals surface area contributed by atoms with Gasteiger partial charge in [-0.3, -0.25) is 9.36 Å². The van der Waals surface area contributed by atoms with Gasteiger partial charge in [-0.1, -0.05) is 0 Å². The first-order chi connectivity index (χ1) is 10.1. The molecule has 0 aliphatic heterocycles. The van der Waals surface area contributed by atoms with Crippen LogP contribution >= 0.6 is 11.3 Å². The summed E-state index contributed by atoms with van der Waals surface area (Å²) in [7, 11) is 0. The van der Waals surface area contributed by atoms with E-state index in [2.05, 4.69) is 15.3 Å². The minimum atomic E-state index is -0.110. The second-order valence-electron chi connectivity index (χ2n) is 4.69. The van der Waals surface area contributed by atoms with Crippen molar-refractivity contribution in [3.63, 3.8) is 0 Å². The number of rotatable bonds is 3. The molecule has 0 saturated heterocycles. The van der Waals surface area contributed by atoms with Crippen molar-refractivity contribution in [2.24, 2.45) is 0 Å². The van der Waals surface area contributed by atoms with Gasteiger partial charge in [0.1, 0.15) is 11.6 Å². The van der Waals surface area contributed by atoms with E-state index in [4.69, 9.17) is 0 Å². The Bertz CT molecular complexity index is 773. The van der Waals surface area contributed by atoms with E-state index >= 15 is 0 Å². The minimum Gasteiger partial charge on any atom is -0.320 e. The Morgan fingerprint density at radius 1 is 1.29 bits per heavy atom. The van der Waals surface area contributed by atoms with Crippen LogP contribution in [0.4, 0.5) is 5.69 Å². The number of imidazole rings is 1. The molecule has 0 fully saturated rings. The van der Waals surface area contributed by atoms with Crippen LogP contribution in [0, 0.1) is 13.8 Å². The van der Waals surface area contributed by atoms with Gasteiger partial charge in [0, 0.05) is 12.4 Å². The molecule has 0 bridgehead atoms. The molecule has 0 aliphatic carbocycles. The van der Waals surface area contributed by atoms with Gasteiger partial charge in [-0.05, 0) is 43.0 Å². The van der Waals surface area contributed by atoms with Crippen LogP contribution in [0.2, 0.25) is 0 Å². The highest BCUT2D eigenvalue weighted by atomic mass is 32.1. The van der Waals surface area contributed by atoms with E-state index in [1.54, 1.807) is 12.4 Å².